The molecule has 0 aliphatic rings. The Labute approximate surface area is 127 Å². The Hall–Kier alpha value is -1.33. The lowest BCUT2D eigenvalue weighted by Crippen LogP contribution is -2.06. The molecule has 1 aromatic heterocycles. The SMILES string of the molecule is CCCn1cncc1COc1cc(Br)ccc1[C@H](C)O. The van der Waals surface area contributed by atoms with Crippen LogP contribution in [0.3, 0.4) is 0 Å². The molecule has 2 rings (SSSR count). The molecule has 0 saturated heterocycles. The summed E-state index contributed by atoms with van der Waals surface area (Å²) in [6.07, 6.45) is 4.13. The van der Waals surface area contributed by atoms with Crippen LogP contribution in [0.25, 0.3) is 0 Å². The van der Waals surface area contributed by atoms with Crippen LogP contribution in [0.1, 0.15) is 37.6 Å². The molecule has 0 radical (unpaired) electrons. The van der Waals surface area contributed by atoms with Gasteiger partial charge in [0.1, 0.15) is 12.4 Å². The topological polar surface area (TPSA) is 47.3 Å². The van der Waals surface area contributed by atoms with Crippen molar-refractivity contribution in [3.05, 3.63) is 46.5 Å². The van der Waals surface area contributed by atoms with Crippen LogP contribution in [0.15, 0.2) is 35.2 Å². The minimum atomic E-state index is -0.557. The summed E-state index contributed by atoms with van der Waals surface area (Å²) in [5, 5.41) is 9.78. The Morgan fingerprint density at radius 1 is 1.45 bits per heavy atom. The Morgan fingerprint density at radius 3 is 2.95 bits per heavy atom. The molecular weight excluding hydrogens is 320 g/mol. The molecule has 0 unspecified atom stereocenters. The lowest BCUT2D eigenvalue weighted by atomic mass is 10.1. The second-order valence-electron chi connectivity index (χ2n) is 4.73. The number of aliphatic hydroxyl groups excluding tert-OH is 1. The number of aryl methyl sites for hydroxylation is 1. The first-order valence-corrected chi connectivity index (χ1v) is 7.50. The van der Waals surface area contributed by atoms with Crippen molar-refractivity contribution in [3.63, 3.8) is 0 Å². The van der Waals surface area contributed by atoms with Crippen LogP contribution in [0, 0.1) is 0 Å². The number of nitrogens with zero attached hydrogens (tertiary/aromatic N) is 2. The first-order valence-electron chi connectivity index (χ1n) is 6.71. The van der Waals surface area contributed by atoms with Crippen LogP contribution < -0.4 is 4.74 Å². The number of imidazole rings is 1. The van der Waals surface area contributed by atoms with Crippen molar-refractivity contribution in [1.29, 1.82) is 0 Å². The van der Waals surface area contributed by atoms with E-state index in [0.717, 1.165) is 28.7 Å². The highest BCUT2D eigenvalue weighted by Crippen LogP contribution is 2.29. The van der Waals surface area contributed by atoms with E-state index in [9.17, 15) is 5.11 Å². The zero-order valence-electron chi connectivity index (χ0n) is 11.7. The second-order valence-corrected chi connectivity index (χ2v) is 5.64. The summed E-state index contributed by atoms with van der Waals surface area (Å²) in [4.78, 5) is 4.15. The van der Waals surface area contributed by atoms with E-state index in [0.29, 0.717) is 12.4 Å². The van der Waals surface area contributed by atoms with Gasteiger partial charge >= 0.3 is 0 Å². The maximum absolute atomic E-state index is 9.78. The summed E-state index contributed by atoms with van der Waals surface area (Å²) >= 11 is 3.42. The molecule has 0 bridgehead atoms. The van der Waals surface area contributed by atoms with Crippen molar-refractivity contribution in [3.8, 4) is 5.75 Å². The molecule has 1 atom stereocenters. The van der Waals surface area contributed by atoms with Gasteiger partial charge in [-0.25, -0.2) is 4.98 Å². The molecule has 4 nitrogen and oxygen atoms in total. The van der Waals surface area contributed by atoms with Crippen molar-refractivity contribution < 1.29 is 9.84 Å². The van der Waals surface area contributed by atoms with Gasteiger partial charge in [0.2, 0.25) is 0 Å². The standard InChI is InChI=1S/C15H19BrN2O2/c1-3-6-18-10-17-8-13(18)9-20-15-7-12(16)4-5-14(15)11(2)19/h4-5,7-8,10-11,19H,3,6,9H2,1-2H3/t11-/m0/s1. The average molecular weight is 339 g/mol. The van der Waals surface area contributed by atoms with Gasteiger partial charge in [-0.05, 0) is 25.5 Å². The summed E-state index contributed by atoms with van der Waals surface area (Å²) < 4.78 is 8.87. The van der Waals surface area contributed by atoms with E-state index in [1.165, 1.54) is 0 Å². The number of aromatic nitrogens is 2. The quantitative estimate of drug-likeness (QED) is 0.873. The second kappa shape index (κ2) is 6.90. The molecule has 108 valence electrons. The molecule has 2 aromatic rings. The Bertz CT molecular complexity index is 567. The first kappa shape index (κ1) is 15.1. The van der Waals surface area contributed by atoms with Gasteiger partial charge in [0, 0.05) is 16.6 Å². The van der Waals surface area contributed by atoms with Crippen LogP contribution in [0.4, 0.5) is 0 Å². The molecule has 0 amide bonds. The van der Waals surface area contributed by atoms with Gasteiger partial charge in [-0.1, -0.05) is 28.9 Å². The maximum Gasteiger partial charge on any atom is 0.130 e. The number of hydrogen-bond donors (Lipinski definition) is 1. The summed E-state index contributed by atoms with van der Waals surface area (Å²) in [5.74, 6) is 0.693. The Kier molecular flexibility index (Phi) is 5.20. The molecule has 0 aliphatic heterocycles. The number of ether oxygens (including phenoxy) is 1. The molecule has 5 heteroatoms. The van der Waals surface area contributed by atoms with E-state index in [1.54, 1.807) is 6.92 Å². The predicted molar refractivity (Wildman–Crippen MR) is 81.6 cm³/mol. The molecule has 20 heavy (non-hydrogen) atoms. The first-order chi connectivity index (χ1) is 9.61. The molecule has 1 N–H and O–H groups in total. The number of aliphatic hydroxyl groups is 1. The third kappa shape index (κ3) is 3.61. The minimum absolute atomic E-state index is 0.441. The average Bonchev–Trinajstić information content (AvgIpc) is 2.84. The van der Waals surface area contributed by atoms with Gasteiger partial charge in [0.15, 0.2) is 0 Å². The molecule has 0 aliphatic carbocycles. The van der Waals surface area contributed by atoms with Gasteiger partial charge in [-0.3, -0.25) is 0 Å². The summed E-state index contributed by atoms with van der Waals surface area (Å²) in [5.41, 5.74) is 1.82. The van der Waals surface area contributed by atoms with Crippen molar-refractivity contribution in [2.75, 3.05) is 0 Å². The number of benzene rings is 1. The van der Waals surface area contributed by atoms with Crippen molar-refractivity contribution in [2.24, 2.45) is 0 Å². The molecule has 1 aromatic carbocycles. The molecule has 0 fully saturated rings. The summed E-state index contributed by atoms with van der Waals surface area (Å²) in [6.45, 7) is 5.23. The number of hydrogen-bond acceptors (Lipinski definition) is 3. The van der Waals surface area contributed by atoms with Crippen LogP contribution in [0.2, 0.25) is 0 Å². The molecule has 0 saturated carbocycles. The third-order valence-electron chi connectivity index (χ3n) is 3.06. The molecule has 0 spiro atoms. The molecule has 1 heterocycles. The zero-order chi connectivity index (χ0) is 14.5. The summed E-state index contributed by atoms with van der Waals surface area (Å²) in [6, 6.07) is 5.65. The van der Waals surface area contributed by atoms with Crippen molar-refractivity contribution in [2.45, 2.75) is 39.5 Å². The largest absolute Gasteiger partial charge is 0.487 e. The fourth-order valence-electron chi connectivity index (χ4n) is 2.04. The third-order valence-corrected chi connectivity index (χ3v) is 3.56. The fraction of sp³-hybridized carbons (Fsp3) is 0.400. The monoisotopic (exact) mass is 338 g/mol. The zero-order valence-corrected chi connectivity index (χ0v) is 13.3. The van der Waals surface area contributed by atoms with E-state index in [2.05, 4.69) is 32.4 Å². The normalized spacial score (nSPS) is 12.4. The lowest BCUT2D eigenvalue weighted by Gasteiger charge is -2.14. The van der Waals surface area contributed by atoms with Gasteiger partial charge in [-0.2, -0.15) is 0 Å². The van der Waals surface area contributed by atoms with Crippen LogP contribution in [0.5, 0.6) is 5.75 Å². The van der Waals surface area contributed by atoms with Gasteiger partial charge in [0.25, 0.3) is 0 Å². The maximum atomic E-state index is 9.78. The van der Waals surface area contributed by atoms with E-state index in [-0.39, 0.29) is 0 Å². The minimum Gasteiger partial charge on any atom is -0.487 e. The molecular formula is C15H19BrN2O2. The Morgan fingerprint density at radius 2 is 2.25 bits per heavy atom. The van der Waals surface area contributed by atoms with E-state index in [4.69, 9.17) is 4.74 Å². The lowest BCUT2D eigenvalue weighted by molar-refractivity contribution is 0.189. The fourth-order valence-corrected chi connectivity index (χ4v) is 2.38. The highest BCUT2D eigenvalue weighted by molar-refractivity contribution is 9.10. The van der Waals surface area contributed by atoms with Gasteiger partial charge < -0.3 is 14.4 Å². The van der Waals surface area contributed by atoms with E-state index in [1.807, 2.05) is 30.7 Å². The number of halogens is 1. The van der Waals surface area contributed by atoms with E-state index >= 15 is 0 Å². The van der Waals surface area contributed by atoms with Gasteiger partial charge in [0.05, 0.1) is 24.3 Å². The van der Waals surface area contributed by atoms with Gasteiger partial charge in [-0.15, -0.1) is 0 Å². The highest BCUT2D eigenvalue weighted by Gasteiger charge is 2.11. The smallest absolute Gasteiger partial charge is 0.130 e. The van der Waals surface area contributed by atoms with E-state index < -0.39 is 6.10 Å². The van der Waals surface area contributed by atoms with Crippen LogP contribution >= 0.6 is 15.9 Å². The predicted octanol–water partition coefficient (Wildman–Crippen LogP) is 3.69. The van der Waals surface area contributed by atoms with Crippen LogP contribution in [-0.4, -0.2) is 14.7 Å². The van der Waals surface area contributed by atoms with Crippen LogP contribution in [-0.2, 0) is 13.2 Å². The highest BCUT2D eigenvalue weighted by atomic mass is 79.9. The van der Waals surface area contributed by atoms with Crippen molar-refractivity contribution in [1.82, 2.24) is 9.55 Å². The Balaban J connectivity index is 2.14. The number of rotatable bonds is 6. The van der Waals surface area contributed by atoms with Crippen molar-refractivity contribution >= 4 is 15.9 Å². The summed E-state index contributed by atoms with van der Waals surface area (Å²) in [7, 11) is 0.